The van der Waals surface area contributed by atoms with Gasteiger partial charge in [0.1, 0.15) is 16.9 Å². The van der Waals surface area contributed by atoms with Gasteiger partial charge in [0.15, 0.2) is 0 Å². The van der Waals surface area contributed by atoms with E-state index in [4.69, 9.17) is 16.1 Å². The maximum Gasteiger partial charge on any atom is 0.288 e. The van der Waals surface area contributed by atoms with Crippen LogP contribution in [0.5, 0.6) is 0 Å². The van der Waals surface area contributed by atoms with Gasteiger partial charge in [0.2, 0.25) is 17.6 Å². The Balaban J connectivity index is 1.65. The Labute approximate surface area is 169 Å². The zero-order chi connectivity index (χ0) is 21.0. The number of amides is 1. The van der Waals surface area contributed by atoms with Gasteiger partial charge in [-0.3, -0.25) is 14.9 Å². The van der Waals surface area contributed by atoms with Crippen LogP contribution in [0.4, 0.5) is 10.1 Å². The third kappa shape index (κ3) is 5.02. The van der Waals surface area contributed by atoms with Gasteiger partial charge in [0.05, 0.1) is 4.92 Å². The van der Waals surface area contributed by atoms with Crippen LogP contribution in [0.3, 0.4) is 0 Å². The largest absolute Gasteiger partial charge is 0.341 e. The molecule has 0 radical (unpaired) electrons. The molecule has 0 saturated carbocycles. The molecule has 1 unspecified atom stereocenters. The van der Waals surface area contributed by atoms with Crippen LogP contribution in [0.2, 0.25) is 5.02 Å². The summed E-state index contributed by atoms with van der Waals surface area (Å²) in [7, 11) is 0. The second-order valence-electron chi connectivity index (χ2n) is 5.99. The number of nitrogens with one attached hydrogen (secondary N) is 1. The number of carbonyl (C=O) groups excluding carboxylic acids is 1. The van der Waals surface area contributed by atoms with E-state index in [1.165, 1.54) is 48.6 Å². The maximum absolute atomic E-state index is 13.0. The Morgan fingerprint density at radius 1 is 1.31 bits per heavy atom. The van der Waals surface area contributed by atoms with Crippen molar-refractivity contribution in [3.05, 3.63) is 80.9 Å². The van der Waals surface area contributed by atoms with Crippen molar-refractivity contribution < 1.29 is 18.6 Å². The first kappa shape index (κ1) is 20.2. The van der Waals surface area contributed by atoms with Gasteiger partial charge in [-0.05, 0) is 48.9 Å². The number of halogens is 2. The normalized spacial score (nSPS) is 12.1. The minimum Gasteiger partial charge on any atom is -0.341 e. The number of hydrogen-bond donors (Lipinski definition) is 1. The minimum absolute atomic E-state index is 0.0126. The summed E-state index contributed by atoms with van der Waals surface area (Å²) in [5.74, 6) is -0.397. The third-order valence-corrected chi connectivity index (χ3v) is 4.19. The fourth-order valence-electron chi connectivity index (χ4n) is 2.40. The van der Waals surface area contributed by atoms with E-state index >= 15 is 0 Å². The maximum atomic E-state index is 13.0. The molecule has 3 aromatic rings. The lowest BCUT2D eigenvalue weighted by atomic mass is 10.2. The molecule has 1 atom stereocenters. The Bertz CT molecular complexity index is 1080. The van der Waals surface area contributed by atoms with E-state index in [9.17, 15) is 19.3 Å². The predicted molar refractivity (Wildman–Crippen MR) is 103 cm³/mol. The average Bonchev–Trinajstić information content (AvgIpc) is 3.18. The predicted octanol–water partition coefficient (Wildman–Crippen LogP) is 4.33. The number of hydrogen-bond acceptors (Lipinski definition) is 6. The molecular formula is C19H14ClFN4O4. The fraction of sp³-hybridized carbons (Fsp3) is 0.105. The van der Waals surface area contributed by atoms with E-state index in [1.54, 1.807) is 13.0 Å². The van der Waals surface area contributed by atoms with Crippen LogP contribution < -0.4 is 5.32 Å². The molecule has 148 valence electrons. The average molecular weight is 417 g/mol. The second-order valence-corrected chi connectivity index (χ2v) is 6.40. The van der Waals surface area contributed by atoms with Gasteiger partial charge in [-0.2, -0.15) is 4.98 Å². The minimum atomic E-state index is -0.601. The summed E-state index contributed by atoms with van der Waals surface area (Å²) in [6.07, 6.45) is 2.64. The summed E-state index contributed by atoms with van der Waals surface area (Å²) >= 11 is 5.76. The molecule has 10 heteroatoms. The quantitative estimate of drug-likeness (QED) is 0.363. The molecule has 29 heavy (non-hydrogen) atoms. The van der Waals surface area contributed by atoms with Crippen molar-refractivity contribution in [1.82, 2.24) is 15.5 Å². The molecule has 8 nitrogen and oxygen atoms in total. The van der Waals surface area contributed by atoms with Crippen molar-refractivity contribution in [2.75, 3.05) is 0 Å². The molecule has 1 heterocycles. The highest BCUT2D eigenvalue weighted by atomic mass is 35.5. The SMILES string of the molecule is CC(NC(=O)/C=C/c1ccc(Cl)c([N+](=O)[O-])c1)c1nc(-c2ccc(F)cc2)no1. The molecule has 1 amide bonds. The molecule has 0 aliphatic heterocycles. The molecule has 1 N–H and O–H groups in total. The molecular weight excluding hydrogens is 403 g/mol. The van der Waals surface area contributed by atoms with Gasteiger partial charge in [0, 0.05) is 17.7 Å². The molecule has 1 aromatic heterocycles. The van der Waals surface area contributed by atoms with Crippen LogP contribution in [0.1, 0.15) is 24.4 Å². The van der Waals surface area contributed by atoms with E-state index in [0.717, 1.165) is 0 Å². The number of nitro benzene ring substituents is 1. The van der Waals surface area contributed by atoms with Gasteiger partial charge in [-0.15, -0.1) is 0 Å². The zero-order valence-corrected chi connectivity index (χ0v) is 15.8. The number of nitrogens with zero attached hydrogens (tertiary/aromatic N) is 3. The van der Waals surface area contributed by atoms with Crippen molar-refractivity contribution in [2.45, 2.75) is 13.0 Å². The Morgan fingerprint density at radius 2 is 2.03 bits per heavy atom. The Morgan fingerprint density at radius 3 is 2.72 bits per heavy atom. The number of rotatable bonds is 6. The summed E-state index contributed by atoms with van der Waals surface area (Å²) in [6, 6.07) is 9.20. The summed E-state index contributed by atoms with van der Waals surface area (Å²) in [6.45, 7) is 1.65. The van der Waals surface area contributed by atoms with Crippen molar-refractivity contribution in [3.8, 4) is 11.4 Å². The number of benzene rings is 2. The molecule has 0 fully saturated rings. The first-order valence-corrected chi connectivity index (χ1v) is 8.73. The van der Waals surface area contributed by atoms with Gasteiger partial charge in [-0.1, -0.05) is 22.8 Å². The van der Waals surface area contributed by atoms with Crippen molar-refractivity contribution >= 4 is 29.3 Å². The van der Waals surface area contributed by atoms with E-state index in [2.05, 4.69) is 15.5 Å². The molecule has 0 aliphatic rings. The lowest BCUT2D eigenvalue weighted by molar-refractivity contribution is -0.384. The molecule has 3 rings (SSSR count). The molecule has 0 saturated heterocycles. The third-order valence-electron chi connectivity index (χ3n) is 3.87. The van der Waals surface area contributed by atoms with Gasteiger partial charge in [0.25, 0.3) is 5.69 Å². The number of nitro groups is 1. The fourth-order valence-corrected chi connectivity index (χ4v) is 2.58. The highest BCUT2D eigenvalue weighted by molar-refractivity contribution is 6.32. The van der Waals surface area contributed by atoms with Crippen LogP contribution in [-0.4, -0.2) is 21.0 Å². The monoisotopic (exact) mass is 416 g/mol. The summed E-state index contributed by atoms with van der Waals surface area (Å²) < 4.78 is 18.1. The summed E-state index contributed by atoms with van der Waals surface area (Å²) in [5.41, 5.74) is 0.770. The summed E-state index contributed by atoms with van der Waals surface area (Å²) in [4.78, 5) is 26.6. The van der Waals surface area contributed by atoms with Crippen LogP contribution in [-0.2, 0) is 4.79 Å². The number of aromatic nitrogens is 2. The van der Waals surface area contributed by atoms with Gasteiger partial charge >= 0.3 is 0 Å². The first-order chi connectivity index (χ1) is 13.8. The standard InChI is InChI=1S/C19H14ClFN4O4/c1-11(19-23-18(24-29-19)13-4-6-14(21)7-5-13)22-17(26)9-3-12-2-8-15(20)16(10-12)25(27)28/h2-11H,1H3,(H,22,26)/b9-3+. The molecule has 2 aromatic carbocycles. The van der Waals surface area contributed by atoms with Crippen LogP contribution in [0.25, 0.3) is 17.5 Å². The van der Waals surface area contributed by atoms with E-state index in [-0.39, 0.29) is 28.2 Å². The van der Waals surface area contributed by atoms with Crippen molar-refractivity contribution in [2.24, 2.45) is 0 Å². The van der Waals surface area contributed by atoms with Crippen LogP contribution in [0, 0.1) is 15.9 Å². The molecule has 0 bridgehead atoms. The number of carbonyl (C=O) groups is 1. The molecule has 0 aliphatic carbocycles. The molecule has 0 spiro atoms. The zero-order valence-electron chi connectivity index (χ0n) is 15.0. The van der Waals surface area contributed by atoms with Crippen LogP contribution in [0.15, 0.2) is 53.1 Å². The van der Waals surface area contributed by atoms with Crippen molar-refractivity contribution in [1.29, 1.82) is 0 Å². The lowest BCUT2D eigenvalue weighted by Crippen LogP contribution is -2.24. The lowest BCUT2D eigenvalue weighted by Gasteiger charge is -2.06. The highest BCUT2D eigenvalue weighted by Crippen LogP contribution is 2.25. The van der Waals surface area contributed by atoms with E-state index < -0.39 is 16.9 Å². The van der Waals surface area contributed by atoms with E-state index in [1.807, 2.05) is 0 Å². The first-order valence-electron chi connectivity index (χ1n) is 8.35. The Hall–Kier alpha value is -3.59. The van der Waals surface area contributed by atoms with E-state index in [0.29, 0.717) is 11.1 Å². The topological polar surface area (TPSA) is 111 Å². The smallest absolute Gasteiger partial charge is 0.288 e. The summed E-state index contributed by atoms with van der Waals surface area (Å²) in [5, 5.41) is 17.4. The van der Waals surface area contributed by atoms with Crippen LogP contribution >= 0.6 is 11.6 Å². The van der Waals surface area contributed by atoms with Gasteiger partial charge < -0.3 is 9.84 Å². The Kier molecular flexibility index (Phi) is 5.99. The van der Waals surface area contributed by atoms with Crippen molar-refractivity contribution in [3.63, 3.8) is 0 Å². The van der Waals surface area contributed by atoms with Gasteiger partial charge in [-0.25, -0.2) is 4.39 Å². The highest BCUT2D eigenvalue weighted by Gasteiger charge is 2.17. The second kappa shape index (κ2) is 8.61.